The Morgan fingerprint density at radius 1 is 0.667 bits per heavy atom. The summed E-state index contributed by atoms with van der Waals surface area (Å²) in [4.78, 5) is 0. The monoisotopic (exact) mass is 414 g/mol. The van der Waals surface area contributed by atoms with Crippen molar-refractivity contribution in [2.45, 2.75) is 0 Å². The van der Waals surface area contributed by atoms with Gasteiger partial charge in [0.05, 0.1) is 37.5 Å². The van der Waals surface area contributed by atoms with Gasteiger partial charge in [0.2, 0.25) is 0 Å². The normalized spacial score (nSPS) is 12.3. The van der Waals surface area contributed by atoms with Gasteiger partial charge in [0.15, 0.2) is 0 Å². The third kappa shape index (κ3) is 44.9. The van der Waals surface area contributed by atoms with E-state index in [0.29, 0.717) is 21.8 Å². The number of rotatable bonds is 4. The first kappa shape index (κ1) is 26.3. The lowest BCUT2D eigenvalue weighted by molar-refractivity contribution is 0.328. The molecule has 0 aliphatic rings. The second-order valence-corrected chi connectivity index (χ2v) is 12.4. The van der Waals surface area contributed by atoms with E-state index in [1.165, 1.54) is 0 Å². The molecular weight excluding hydrogens is 392 g/mol. The molecular formula is C6H22O10S5+4. The molecule has 0 aliphatic carbocycles. The standard InChI is InChI=1S/2C3H9S.H2O10S3/c2*1-4(2)3;1-11(2,3)9-13(7,8)10-12(4,5)6/h2*1-3H3;(H,1,2,3)(H,4,5,6)/q2*+1;/p+2. The zero-order valence-electron chi connectivity index (χ0n) is 14.2. The Kier molecular flexibility index (Phi) is 13.8. The topological polar surface area (TPSA) is 161 Å². The molecule has 0 heterocycles. The van der Waals surface area contributed by atoms with Crippen LogP contribution in [0.3, 0.4) is 0 Å². The molecule has 10 nitrogen and oxygen atoms in total. The Balaban J connectivity index is -0.0000000909. The summed E-state index contributed by atoms with van der Waals surface area (Å²) in [6.07, 6.45) is 13.2. The molecule has 0 aromatic rings. The average Bonchev–Trinajstić information content (AvgIpc) is 1.87. The first-order valence-electron chi connectivity index (χ1n) is 4.48. The second kappa shape index (κ2) is 11.0. The molecule has 2 N–H and O–H groups in total. The molecule has 0 aromatic carbocycles. The van der Waals surface area contributed by atoms with Crippen LogP contribution >= 0.6 is 0 Å². The molecule has 0 amide bonds. The van der Waals surface area contributed by atoms with E-state index in [9.17, 15) is 25.3 Å². The number of hydrogen-bond donors (Lipinski definition) is 2. The van der Waals surface area contributed by atoms with Crippen LogP contribution in [0.1, 0.15) is 2.85 Å². The van der Waals surface area contributed by atoms with E-state index >= 15 is 0 Å². The first-order chi connectivity index (χ1) is 8.88. The Labute approximate surface area is 135 Å². The highest BCUT2D eigenvalue weighted by Crippen LogP contribution is 2.03. The van der Waals surface area contributed by atoms with Crippen LogP contribution in [0, 0.1) is 0 Å². The Hall–Kier alpha value is 0.390. The van der Waals surface area contributed by atoms with Crippen LogP contribution in [0.5, 0.6) is 0 Å². The fourth-order valence-electron chi connectivity index (χ4n) is 0.222. The van der Waals surface area contributed by atoms with Gasteiger partial charge in [0.25, 0.3) is 0 Å². The predicted molar refractivity (Wildman–Crippen MR) is 86.7 cm³/mol. The fraction of sp³-hybridized carbons (Fsp3) is 1.00. The molecule has 0 atom stereocenters. The highest BCUT2D eigenvalue weighted by Gasteiger charge is 2.27. The summed E-state index contributed by atoms with van der Waals surface area (Å²) in [6, 6.07) is 0. The Morgan fingerprint density at radius 3 is 0.905 bits per heavy atom. The molecule has 0 radical (unpaired) electrons. The van der Waals surface area contributed by atoms with Crippen molar-refractivity contribution in [3.05, 3.63) is 0 Å². The minimum absolute atomic E-state index is 0. The van der Waals surface area contributed by atoms with E-state index in [2.05, 4.69) is 44.8 Å². The van der Waals surface area contributed by atoms with Crippen LogP contribution in [0.15, 0.2) is 0 Å². The minimum Gasteiger partial charge on any atom is -0.263 e. The van der Waals surface area contributed by atoms with Gasteiger partial charge in [-0.05, 0) is 21.8 Å². The van der Waals surface area contributed by atoms with Gasteiger partial charge in [-0.1, -0.05) is 7.26 Å². The molecule has 0 aromatic heterocycles. The van der Waals surface area contributed by atoms with E-state index < -0.39 is 31.2 Å². The van der Waals surface area contributed by atoms with E-state index in [4.69, 9.17) is 9.11 Å². The Morgan fingerprint density at radius 2 is 0.810 bits per heavy atom. The van der Waals surface area contributed by atoms with Crippen LogP contribution in [0.25, 0.3) is 0 Å². The van der Waals surface area contributed by atoms with Gasteiger partial charge < -0.3 is 0 Å². The third-order valence-corrected chi connectivity index (χ3v) is 3.05. The van der Waals surface area contributed by atoms with E-state index in [0.717, 1.165) is 0 Å². The first-order valence-corrected chi connectivity index (χ1v) is 13.4. The zero-order valence-corrected chi connectivity index (χ0v) is 16.3. The van der Waals surface area contributed by atoms with Gasteiger partial charge >= 0.3 is 34.1 Å². The highest BCUT2D eigenvalue weighted by molar-refractivity contribution is 8.00. The molecule has 0 saturated heterocycles. The SMILES string of the molecule is C[S+](C)C.C[S+](C)C.O=S(=O)(O)OS(=O)(=O)OS(=O)(=O)O.[H+].[H+]. The molecule has 21 heavy (non-hydrogen) atoms. The van der Waals surface area contributed by atoms with Crippen molar-refractivity contribution in [3.8, 4) is 0 Å². The minimum atomic E-state index is -5.57. The fourth-order valence-corrected chi connectivity index (χ4v) is 2.20. The lowest BCUT2D eigenvalue weighted by Crippen LogP contribution is -2.18. The molecule has 15 heteroatoms. The smallest absolute Gasteiger partial charge is 0.263 e. The molecule has 0 spiro atoms. The van der Waals surface area contributed by atoms with Crippen molar-refractivity contribution in [1.29, 1.82) is 0 Å². The van der Waals surface area contributed by atoms with Crippen LogP contribution in [0.2, 0.25) is 0 Å². The quantitative estimate of drug-likeness (QED) is 0.435. The lowest BCUT2D eigenvalue weighted by Gasteiger charge is -1.97. The second-order valence-electron chi connectivity index (χ2n) is 3.85. The van der Waals surface area contributed by atoms with Crippen molar-refractivity contribution in [1.82, 2.24) is 0 Å². The molecule has 0 bridgehead atoms. The van der Waals surface area contributed by atoms with Crippen LogP contribution in [-0.4, -0.2) is 71.9 Å². The van der Waals surface area contributed by atoms with Crippen LogP contribution in [0.4, 0.5) is 0 Å². The predicted octanol–water partition coefficient (Wildman–Crippen LogP) is -0.917. The van der Waals surface area contributed by atoms with Crippen molar-refractivity contribution >= 4 is 53.0 Å². The van der Waals surface area contributed by atoms with Crippen molar-refractivity contribution < 1.29 is 44.5 Å². The summed E-state index contributed by atoms with van der Waals surface area (Å²) in [5.41, 5.74) is 0. The maximum absolute atomic E-state index is 10.1. The molecule has 0 fully saturated rings. The summed E-state index contributed by atoms with van der Waals surface area (Å²) in [5.74, 6) is 0. The van der Waals surface area contributed by atoms with E-state index in [1.807, 2.05) is 0 Å². The highest BCUT2D eigenvalue weighted by atomic mass is 32.3. The molecule has 0 saturated carbocycles. The molecule has 0 unspecified atom stereocenters. The largest absolute Gasteiger partial charge is 1.00 e. The molecule has 0 aliphatic heterocycles. The van der Waals surface area contributed by atoms with Gasteiger partial charge in [-0.25, -0.2) is 0 Å². The zero-order chi connectivity index (χ0) is 18.1. The van der Waals surface area contributed by atoms with E-state index in [-0.39, 0.29) is 2.85 Å². The van der Waals surface area contributed by atoms with Crippen molar-refractivity contribution in [2.75, 3.05) is 37.5 Å². The van der Waals surface area contributed by atoms with Crippen LogP contribution < -0.4 is 0 Å². The van der Waals surface area contributed by atoms with Crippen LogP contribution in [-0.2, 0) is 60.2 Å². The summed E-state index contributed by atoms with van der Waals surface area (Å²) >= 11 is 0. The maximum atomic E-state index is 10.1. The third-order valence-electron chi connectivity index (χ3n) is 0.339. The van der Waals surface area contributed by atoms with Crippen molar-refractivity contribution in [3.63, 3.8) is 0 Å². The molecule has 132 valence electrons. The van der Waals surface area contributed by atoms with Gasteiger partial charge in [-0.2, -0.15) is 25.3 Å². The van der Waals surface area contributed by atoms with Gasteiger partial charge in [0.1, 0.15) is 0 Å². The molecule has 0 rings (SSSR count). The summed E-state index contributed by atoms with van der Waals surface area (Å²) in [7, 11) is -15.2. The van der Waals surface area contributed by atoms with Gasteiger partial charge in [-0.3, -0.25) is 9.11 Å². The summed E-state index contributed by atoms with van der Waals surface area (Å²) in [6.45, 7) is 0. The van der Waals surface area contributed by atoms with Gasteiger partial charge in [0, 0.05) is 0 Å². The lowest BCUT2D eigenvalue weighted by atomic mass is 11.9. The van der Waals surface area contributed by atoms with Crippen molar-refractivity contribution in [2.24, 2.45) is 0 Å². The number of hydrogen-bond acceptors (Lipinski definition) is 8. The van der Waals surface area contributed by atoms with E-state index in [1.54, 1.807) is 0 Å². The summed E-state index contributed by atoms with van der Waals surface area (Å²) < 4.78 is 80.2. The average molecular weight is 415 g/mol. The van der Waals surface area contributed by atoms with Gasteiger partial charge in [-0.15, -0.1) is 0 Å². The maximum Gasteiger partial charge on any atom is 1.00 e. The summed E-state index contributed by atoms with van der Waals surface area (Å²) in [5, 5.41) is 0. The Bertz CT molecular complexity index is 515.